The van der Waals surface area contributed by atoms with Gasteiger partial charge < -0.3 is 22.0 Å². The van der Waals surface area contributed by atoms with Crippen molar-refractivity contribution < 1.29 is 4.84 Å². The molecule has 0 atom stereocenters. The van der Waals surface area contributed by atoms with Crippen molar-refractivity contribution in [3.05, 3.63) is 48.0 Å². The standard InChI is InChI=1S/C13H15N5O/c14-12(15)17-13(16)18-19-8-9-5-6-10-3-1-2-4-11(10)7-9/h1-7H,8H2,(H6,14,15,16,17,18). The second kappa shape index (κ2) is 5.72. The van der Waals surface area contributed by atoms with Gasteiger partial charge >= 0.3 is 0 Å². The Bertz CT molecular complexity index is 632. The van der Waals surface area contributed by atoms with Crippen LogP contribution in [0.3, 0.4) is 0 Å². The van der Waals surface area contributed by atoms with E-state index in [0.717, 1.165) is 10.9 Å². The zero-order chi connectivity index (χ0) is 13.7. The molecule has 19 heavy (non-hydrogen) atoms. The van der Waals surface area contributed by atoms with Crippen molar-refractivity contribution in [1.29, 1.82) is 0 Å². The number of guanidine groups is 2. The largest absolute Gasteiger partial charge is 0.388 e. The Morgan fingerprint density at radius 1 is 1.00 bits per heavy atom. The van der Waals surface area contributed by atoms with Gasteiger partial charge in [0.25, 0.3) is 5.96 Å². The molecule has 0 saturated carbocycles. The fraction of sp³-hybridized carbons (Fsp3) is 0.0769. The van der Waals surface area contributed by atoms with Crippen LogP contribution in [0.5, 0.6) is 0 Å². The molecule has 6 heteroatoms. The number of hydrogen-bond acceptors (Lipinski definition) is 2. The van der Waals surface area contributed by atoms with Gasteiger partial charge in [-0.05, 0) is 27.6 Å². The van der Waals surface area contributed by atoms with Gasteiger partial charge in [-0.2, -0.15) is 4.99 Å². The van der Waals surface area contributed by atoms with Crippen LogP contribution >= 0.6 is 0 Å². The first kappa shape index (κ1) is 12.7. The van der Waals surface area contributed by atoms with E-state index in [9.17, 15) is 0 Å². The fourth-order valence-corrected chi connectivity index (χ4v) is 1.65. The fourth-order valence-electron chi connectivity index (χ4n) is 1.65. The van der Waals surface area contributed by atoms with Crippen molar-refractivity contribution in [3.8, 4) is 0 Å². The summed E-state index contributed by atoms with van der Waals surface area (Å²) < 4.78 is 0. The SMILES string of the molecule is NC(N)=N/C(N)=N/OCc1ccc2ccccc2c1. The van der Waals surface area contributed by atoms with Gasteiger partial charge in [-0.1, -0.05) is 36.4 Å². The van der Waals surface area contributed by atoms with E-state index in [1.165, 1.54) is 5.39 Å². The normalized spacial score (nSPS) is 11.3. The van der Waals surface area contributed by atoms with Crippen LogP contribution in [0.1, 0.15) is 5.56 Å². The van der Waals surface area contributed by atoms with Crippen molar-refractivity contribution in [2.24, 2.45) is 27.3 Å². The molecule has 0 heterocycles. The molecule has 98 valence electrons. The molecule has 2 aromatic carbocycles. The molecule has 0 aliphatic heterocycles. The van der Waals surface area contributed by atoms with Crippen molar-refractivity contribution >= 4 is 22.7 Å². The Morgan fingerprint density at radius 2 is 1.74 bits per heavy atom. The molecule has 0 bridgehead atoms. The van der Waals surface area contributed by atoms with Crippen LogP contribution < -0.4 is 17.2 Å². The monoisotopic (exact) mass is 257 g/mol. The van der Waals surface area contributed by atoms with E-state index < -0.39 is 0 Å². The second-order valence-corrected chi connectivity index (χ2v) is 3.94. The average Bonchev–Trinajstić information content (AvgIpc) is 2.37. The summed E-state index contributed by atoms with van der Waals surface area (Å²) in [5.41, 5.74) is 16.7. The quantitative estimate of drug-likeness (QED) is 0.430. The summed E-state index contributed by atoms with van der Waals surface area (Å²) in [6, 6.07) is 14.1. The van der Waals surface area contributed by atoms with Gasteiger partial charge in [0.1, 0.15) is 6.61 Å². The zero-order valence-electron chi connectivity index (χ0n) is 10.3. The lowest BCUT2D eigenvalue weighted by Gasteiger charge is -2.03. The zero-order valence-corrected chi connectivity index (χ0v) is 10.3. The summed E-state index contributed by atoms with van der Waals surface area (Å²) in [5.74, 6) is -0.267. The highest BCUT2D eigenvalue weighted by molar-refractivity contribution is 5.92. The van der Waals surface area contributed by atoms with Crippen LogP contribution in [0.25, 0.3) is 10.8 Å². The number of nitrogens with zero attached hydrogens (tertiary/aromatic N) is 2. The lowest BCUT2D eigenvalue weighted by molar-refractivity contribution is 0.130. The highest BCUT2D eigenvalue weighted by Gasteiger charge is 1.97. The van der Waals surface area contributed by atoms with Gasteiger partial charge in [0.2, 0.25) is 0 Å². The third kappa shape index (κ3) is 3.60. The minimum Gasteiger partial charge on any atom is -0.388 e. The molecule has 0 fully saturated rings. The number of fused-ring (bicyclic) bond motifs is 1. The topological polar surface area (TPSA) is 112 Å². The number of benzene rings is 2. The van der Waals surface area contributed by atoms with Crippen LogP contribution in [0.15, 0.2) is 52.6 Å². The number of oxime groups is 1. The highest BCUT2D eigenvalue weighted by Crippen LogP contribution is 2.16. The molecule has 6 N–H and O–H groups in total. The van der Waals surface area contributed by atoms with Gasteiger partial charge in [-0.15, -0.1) is 0 Å². The third-order valence-corrected chi connectivity index (χ3v) is 2.45. The van der Waals surface area contributed by atoms with Gasteiger partial charge in [-0.25, -0.2) is 0 Å². The molecule has 0 aromatic heterocycles. The van der Waals surface area contributed by atoms with Crippen LogP contribution in [0, 0.1) is 0 Å². The maximum absolute atomic E-state index is 5.41. The maximum atomic E-state index is 5.41. The first-order chi connectivity index (χ1) is 9.15. The van der Waals surface area contributed by atoms with E-state index in [0.29, 0.717) is 6.61 Å². The number of rotatable bonds is 3. The predicted octanol–water partition coefficient (Wildman–Crippen LogP) is 0.860. The summed E-state index contributed by atoms with van der Waals surface area (Å²) in [6.45, 7) is 0.297. The van der Waals surface area contributed by atoms with Crippen LogP contribution in [-0.2, 0) is 11.4 Å². The molecule has 0 amide bonds. The first-order valence-corrected chi connectivity index (χ1v) is 5.68. The predicted molar refractivity (Wildman–Crippen MR) is 76.2 cm³/mol. The van der Waals surface area contributed by atoms with Crippen LogP contribution in [-0.4, -0.2) is 11.9 Å². The lowest BCUT2D eigenvalue weighted by atomic mass is 10.1. The highest BCUT2D eigenvalue weighted by atomic mass is 16.6. The minimum atomic E-state index is -0.157. The summed E-state index contributed by atoms with van der Waals surface area (Å²) >= 11 is 0. The van der Waals surface area contributed by atoms with Crippen LogP contribution in [0.2, 0.25) is 0 Å². The minimum absolute atomic E-state index is 0.110. The summed E-state index contributed by atoms with van der Waals surface area (Å²) in [7, 11) is 0. The Morgan fingerprint density at radius 3 is 2.47 bits per heavy atom. The third-order valence-electron chi connectivity index (χ3n) is 2.45. The molecule has 0 saturated heterocycles. The molecule has 0 radical (unpaired) electrons. The van der Waals surface area contributed by atoms with Crippen molar-refractivity contribution in [3.63, 3.8) is 0 Å². The average molecular weight is 257 g/mol. The second-order valence-electron chi connectivity index (χ2n) is 3.94. The van der Waals surface area contributed by atoms with Crippen molar-refractivity contribution in [1.82, 2.24) is 0 Å². The Kier molecular flexibility index (Phi) is 3.82. The van der Waals surface area contributed by atoms with E-state index in [1.807, 2.05) is 36.4 Å². The van der Waals surface area contributed by atoms with Gasteiger partial charge in [0.15, 0.2) is 5.96 Å². The number of hydrogen-bond donors (Lipinski definition) is 3. The number of nitrogens with two attached hydrogens (primary N) is 3. The van der Waals surface area contributed by atoms with Crippen LogP contribution in [0.4, 0.5) is 0 Å². The van der Waals surface area contributed by atoms with Gasteiger partial charge in [0, 0.05) is 0 Å². The Balaban J connectivity index is 2.04. The first-order valence-electron chi connectivity index (χ1n) is 5.68. The molecule has 0 aliphatic rings. The molecule has 0 unspecified atom stereocenters. The van der Waals surface area contributed by atoms with Crippen molar-refractivity contribution in [2.45, 2.75) is 6.61 Å². The van der Waals surface area contributed by atoms with E-state index >= 15 is 0 Å². The molecular formula is C13H15N5O. The Hall–Kier alpha value is -2.76. The van der Waals surface area contributed by atoms with E-state index in [2.05, 4.69) is 16.2 Å². The van der Waals surface area contributed by atoms with Crippen molar-refractivity contribution in [2.75, 3.05) is 0 Å². The molecular weight excluding hydrogens is 242 g/mol. The van der Waals surface area contributed by atoms with E-state index in [1.54, 1.807) is 0 Å². The molecule has 0 spiro atoms. The smallest absolute Gasteiger partial charge is 0.260 e. The van der Waals surface area contributed by atoms with E-state index in [4.69, 9.17) is 22.0 Å². The summed E-state index contributed by atoms with van der Waals surface area (Å²) in [5, 5.41) is 5.91. The summed E-state index contributed by atoms with van der Waals surface area (Å²) in [4.78, 5) is 8.61. The van der Waals surface area contributed by atoms with Gasteiger partial charge in [-0.3, -0.25) is 0 Å². The molecule has 6 nitrogen and oxygen atoms in total. The lowest BCUT2D eigenvalue weighted by Crippen LogP contribution is -2.26. The number of aliphatic imine (C=N–C) groups is 1. The Labute approximate surface area is 110 Å². The molecule has 2 rings (SSSR count). The van der Waals surface area contributed by atoms with E-state index in [-0.39, 0.29) is 11.9 Å². The maximum Gasteiger partial charge on any atom is 0.260 e. The summed E-state index contributed by atoms with van der Waals surface area (Å²) in [6.07, 6.45) is 0. The molecule has 0 aliphatic carbocycles. The molecule has 2 aromatic rings. The van der Waals surface area contributed by atoms with Gasteiger partial charge in [0.05, 0.1) is 0 Å².